The highest BCUT2D eigenvalue weighted by atomic mass is 19.1. The normalized spacial score (nSPS) is 13.1. The van der Waals surface area contributed by atoms with E-state index in [9.17, 15) is 8.78 Å². The van der Waals surface area contributed by atoms with E-state index in [1.54, 1.807) is 0 Å². The van der Waals surface area contributed by atoms with Crippen LogP contribution in [0.3, 0.4) is 0 Å². The maximum Gasteiger partial charge on any atom is 0.129 e. The van der Waals surface area contributed by atoms with Gasteiger partial charge in [0.05, 0.1) is 0 Å². The standard InChI is InChI=1S/C14H21F2N/c1-4-17-13(7-10(2)3)8-11-5-6-12(15)9-14(11)16/h5-6,9-10,13,17H,4,7-8H2,1-3H3. The predicted molar refractivity (Wildman–Crippen MR) is 67.0 cm³/mol. The molecule has 1 aromatic carbocycles. The Balaban J connectivity index is 2.71. The molecule has 1 nitrogen and oxygen atoms in total. The lowest BCUT2D eigenvalue weighted by molar-refractivity contribution is 0.418. The molecule has 3 heteroatoms. The van der Waals surface area contributed by atoms with Crippen LogP contribution in [-0.4, -0.2) is 12.6 Å². The van der Waals surface area contributed by atoms with Crippen LogP contribution in [0.2, 0.25) is 0 Å². The van der Waals surface area contributed by atoms with Gasteiger partial charge >= 0.3 is 0 Å². The Hall–Kier alpha value is -0.960. The van der Waals surface area contributed by atoms with Gasteiger partial charge in [-0.25, -0.2) is 8.78 Å². The van der Waals surface area contributed by atoms with Gasteiger partial charge in [0.25, 0.3) is 0 Å². The van der Waals surface area contributed by atoms with Gasteiger partial charge in [0, 0.05) is 12.1 Å². The highest BCUT2D eigenvalue weighted by Gasteiger charge is 2.13. The summed E-state index contributed by atoms with van der Waals surface area (Å²) in [7, 11) is 0. The number of halogens is 2. The Morgan fingerprint density at radius 2 is 1.94 bits per heavy atom. The monoisotopic (exact) mass is 241 g/mol. The molecular weight excluding hydrogens is 220 g/mol. The number of benzene rings is 1. The first-order valence-corrected chi connectivity index (χ1v) is 6.20. The summed E-state index contributed by atoms with van der Waals surface area (Å²) in [6.45, 7) is 7.19. The molecule has 17 heavy (non-hydrogen) atoms. The molecule has 0 aromatic heterocycles. The first kappa shape index (κ1) is 14.1. The fourth-order valence-electron chi connectivity index (χ4n) is 2.05. The lowest BCUT2D eigenvalue weighted by Crippen LogP contribution is -2.32. The first-order chi connectivity index (χ1) is 8.02. The molecule has 0 saturated heterocycles. The van der Waals surface area contributed by atoms with Gasteiger partial charge in [-0.05, 0) is 36.9 Å². The van der Waals surface area contributed by atoms with Crippen LogP contribution in [-0.2, 0) is 6.42 Å². The van der Waals surface area contributed by atoms with E-state index in [-0.39, 0.29) is 6.04 Å². The SMILES string of the molecule is CCNC(Cc1ccc(F)cc1F)CC(C)C. The Bertz CT molecular complexity index is 350. The lowest BCUT2D eigenvalue weighted by atomic mass is 9.97. The fraction of sp³-hybridized carbons (Fsp3) is 0.571. The van der Waals surface area contributed by atoms with Gasteiger partial charge in [-0.2, -0.15) is 0 Å². The van der Waals surface area contributed by atoms with Crippen molar-refractivity contribution in [2.75, 3.05) is 6.54 Å². The van der Waals surface area contributed by atoms with Crippen LogP contribution in [0.1, 0.15) is 32.8 Å². The van der Waals surface area contributed by atoms with Crippen LogP contribution in [0.15, 0.2) is 18.2 Å². The maximum atomic E-state index is 13.5. The summed E-state index contributed by atoms with van der Waals surface area (Å²) >= 11 is 0. The number of hydrogen-bond donors (Lipinski definition) is 1. The number of nitrogens with one attached hydrogen (secondary N) is 1. The third-order valence-corrected chi connectivity index (χ3v) is 2.73. The molecule has 0 saturated carbocycles. The number of likely N-dealkylation sites (N-methyl/N-ethyl adjacent to an activating group) is 1. The Kier molecular flexibility index (Phi) is 5.56. The van der Waals surface area contributed by atoms with Gasteiger partial charge in [-0.3, -0.25) is 0 Å². The Labute approximate surface area is 102 Å². The van der Waals surface area contributed by atoms with Gasteiger partial charge in [-0.1, -0.05) is 26.8 Å². The van der Waals surface area contributed by atoms with Crippen LogP contribution >= 0.6 is 0 Å². The van der Waals surface area contributed by atoms with E-state index in [1.165, 1.54) is 12.1 Å². The molecule has 0 spiro atoms. The summed E-state index contributed by atoms with van der Waals surface area (Å²) in [5, 5.41) is 3.34. The third-order valence-electron chi connectivity index (χ3n) is 2.73. The molecule has 0 aliphatic rings. The predicted octanol–water partition coefficient (Wildman–Crippen LogP) is 3.53. The van der Waals surface area contributed by atoms with E-state index in [1.807, 2.05) is 6.92 Å². The maximum absolute atomic E-state index is 13.5. The van der Waals surface area contributed by atoms with Crippen molar-refractivity contribution in [1.29, 1.82) is 0 Å². The zero-order chi connectivity index (χ0) is 12.8. The van der Waals surface area contributed by atoms with E-state index in [2.05, 4.69) is 19.2 Å². The van der Waals surface area contributed by atoms with Gasteiger partial charge in [-0.15, -0.1) is 0 Å². The van der Waals surface area contributed by atoms with Gasteiger partial charge in [0.2, 0.25) is 0 Å². The molecule has 1 atom stereocenters. The van der Waals surface area contributed by atoms with Crippen LogP contribution < -0.4 is 5.32 Å². The minimum atomic E-state index is -0.518. The summed E-state index contributed by atoms with van der Waals surface area (Å²) in [5.74, 6) is -0.408. The second kappa shape index (κ2) is 6.70. The van der Waals surface area contributed by atoms with Crippen molar-refractivity contribution in [2.24, 2.45) is 5.92 Å². The van der Waals surface area contributed by atoms with Crippen LogP contribution in [0.4, 0.5) is 8.78 Å². The van der Waals surface area contributed by atoms with E-state index < -0.39 is 11.6 Å². The van der Waals surface area contributed by atoms with Crippen molar-refractivity contribution < 1.29 is 8.78 Å². The average molecular weight is 241 g/mol. The summed E-state index contributed by atoms with van der Waals surface area (Å²) in [6.07, 6.45) is 1.60. The van der Waals surface area contributed by atoms with E-state index >= 15 is 0 Å². The largest absolute Gasteiger partial charge is 0.314 e. The molecule has 0 aliphatic carbocycles. The van der Waals surface area contributed by atoms with E-state index in [4.69, 9.17) is 0 Å². The molecule has 1 rings (SSSR count). The summed E-state index contributed by atoms with van der Waals surface area (Å²) in [4.78, 5) is 0. The molecule has 1 unspecified atom stereocenters. The molecule has 1 N–H and O–H groups in total. The molecule has 0 radical (unpaired) electrons. The highest BCUT2D eigenvalue weighted by Crippen LogP contribution is 2.15. The smallest absolute Gasteiger partial charge is 0.129 e. The third kappa shape index (κ3) is 4.82. The van der Waals surface area contributed by atoms with E-state index in [0.717, 1.165) is 19.0 Å². The van der Waals surface area contributed by atoms with Crippen molar-refractivity contribution in [1.82, 2.24) is 5.32 Å². The highest BCUT2D eigenvalue weighted by molar-refractivity contribution is 5.19. The average Bonchev–Trinajstić information content (AvgIpc) is 2.21. The Morgan fingerprint density at radius 1 is 1.24 bits per heavy atom. The molecule has 0 bridgehead atoms. The van der Waals surface area contributed by atoms with Crippen molar-refractivity contribution in [3.05, 3.63) is 35.4 Å². The van der Waals surface area contributed by atoms with Crippen LogP contribution in [0, 0.1) is 17.6 Å². The molecule has 0 amide bonds. The molecule has 1 aromatic rings. The minimum Gasteiger partial charge on any atom is -0.314 e. The minimum absolute atomic E-state index is 0.250. The van der Waals surface area contributed by atoms with Crippen LogP contribution in [0.25, 0.3) is 0 Å². The molecule has 0 aliphatic heterocycles. The summed E-state index contributed by atoms with van der Waals surface area (Å²) < 4.78 is 26.3. The molecule has 96 valence electrons. The zero-order valence-corrected chi connectivity index (χ0v) is 10.8. The number of hydrogen-bond acceptors (Lipinski definition) is 1. The molecular formula is C14H21F2N. The number of rotatable bonds is 6. The molecule has 0 heterocycles. The summed E-state index contributed by atoms with van der Waals surface area (Å²) in [6, 6.07) is 4.06. The van der Waals surface area contributed by atoms with E-state index in [0.29, 0.717) is 17.9 Å². The zero-order valence-electron chi connectivity index (χ0n) is 10.8. The van der Waals surface area contributed by atoms with Gasteiger partial charge < -0.3 is 5.32 Å². The van der Waals surface area contributed by atoms with Crippen molar-refractivity contribution in [3.8, 4) is 0 Å². The van der Waals surface area contributed by atoms with Crippen LogP contribution in [0.5, 0.6) is 0 Å². The second-order valence-electron chi connectivity index (χ2n) is 4.82. The molecule has 0 fully saturated rings. The summed E-state index contributed by atoms with van der Waals surface area (Å²) in [5.41, 5.74) is 0.581. The van der Waals surface area contributed by atoms with Gasteiger partial charge in [0.1, 0.15) is 11.6 Å². The topological polar surface area (TPSA) is 12.0 Å². The second-order valence-corrected chi connectivity index (χ2v) is 4.82. The Morgan fingerprint density at radius 3 is 2.47 bits per heavy atom. The van der Waals surface area contributed by atoms with Crippen molar-refractivity contribution in [3.63, 3.8) is 0 Å². The lowest BCUT2D eigenvalue weighted by Gasteiger charge is -2.20. The van der Waals surface area contributed by atoms with Crippen molar-refractivity contribution >= 4 is 0 Å². The first-order valence-electron chi connectivity index (χ1n) is 6.20. The fourth-order valence-corrected chi connectivity index (χ4v) is 2.05. The van der Waals surface area contributed by atoms with Gasteiger partial charge in [0.15, 0.2) is 0 Å². The van der Waals surface area contributed by atoms with Crippen molar-refractivity contribution in [2.45, 2.75) is 39.7 Å². The quantitative estimate of drug-likeness (QED) is 0.803.